The summed E-state index contributed by atoms with van der Waals surface area (Å²) < 4.78 is 0. The number of nitrogens with one attached hydrogen (secondary N) is 1. The Morgan fingerprint density at radius 2 is 2.14 bits per heavy atom. The quantitative estimate of drug-likeness (QED) is 0.741. The molecule has 2 nitrogen and oxygen atoms in total. The van der Waals surface area contributed by atoms with Crippen molar-refractivity contribution in [2.24, 2.45) is 0 Å². The first kappa shape index (κ1) is 8.33. The molecule has 3 heteroatoms. The van der Waals surface area contributed by atoms with E-state index in [9.17, 15) is 5.11 Å². The van der Waals surface area contributed by atoms with Gasteiger partial charge in [-0.3, -0.25) is 0 Å². The Labute approximate surface area is 86.5 Å². The number of hydrogen-bond acceptors (Lipinski definition) is 1. The van der Waals surface area contributed by atoms with Gasteiger partial charge in [-0.25, -0.2) is 0 Å². The van der Waals surface area contributed by atoms with Crippen LogP contribution in [0.15, 0.2) is 24.4 Å². The fourth-order valence-corrected chi connectivity index (χ4v) is 2.11. The molecule has 1 aromatic carbocycles. The molecule has 0 radical (unpaired) electrons. The standard InChI is InChI=1S/C11H10ClNO/c12-9-6-13-10-7(9)2-1-3-8(10)11(14)4-5-11/h1-3,6,13-14H,4-5H2. The molecule has 0 aliphatic heterocycles. The molecule has 1 fully saturated rings. The molecule has 1 heterocycles. The summed E-state index contributed by atoms with van der Waals surface area (Å²) in [5, 5.41) is 11.7. The van der Waals surface area contributed by atoms with Crippen LogP contribution in [0.2, 0.25) is 5.02 Å². The molecule has 0 spiro atoms. The molecule has 2 N–H and O–H groups in total. The highest BCUT2D eigenvalue weighted by Gasteiger charge is 2.43. The zero-order valence-corrected chi connectivity index (χ0v) is 8.30. The number of fused-ring (bicyclic) bond motifs is 1. The Morgan fingerprint density at radius 1 is 1.36 bits per heavy atom. The fourth-order valence-electron chi connectivity index (χ4n) is 1.90. The SMILES string of the molecule is OC1(c2cccc3c(Cl)c[nH]c23)CC1. The third-order valence-electron chi connectivity index (χ3n) is 2.89. The van der Waals surface area contributed by atoms with Gasteiger partial charge < -0.3 is 10.1 Å². The lowest BCUT2D eigenvalue weighted by molar-refractivity contribution is 0.153. The van der Waals surface area contributed by atoms with Crippen molar-refractivity contribution in [2.75, 3.05) is 0 Å². The minimum absolute atomic E-state index is 0.603. The summed E-state index contributed by atoms with van der Waals surface area (Å²) in [7, 11) is 0. The number of para-hydroxylation sites is 1. The highest BCUT2D eigenvalue weighted by atomic mass is 35.5. The Balaban J connectivity index is 2.34. The number of halogens is 1. The second-order valence-electron chi connectivity index (χ2n) is 3.90. The van der Waals surface area contributed by atoms with Gasteiger partial charge in [-0.05, 0) is 12.8 Å². The Bertz CT molecular complexity index is 499. The monoisotopic (exact) mass is 207 g/mol. The van der Waals surface area contributed by atoms with E-state index in [2.05, 4.69) is 4.98 Å². The van der Waals surface area contributed by atoms with Crippen LogP contribution < -0.4 is 0 Å². The average Bonchev–Trinajstić information content (AvgIpc) is 2.83. The van der Waals surface area contributed by atoms with E-state index in [0.29, 0.717) is 5.02 Å². The van der Waals surface area contributed by atoms with Gasteiger partial charge in [0.15, 0.2) is 0 Å². The zero-order chi connectivity index (χ0) is 9.76. The van der Waals surface area contributed by atoms with Gasteiger partial charge in [-0.1, -0.05) is 29.8 Å². The summed E-state index contributed by atoms with van der Waals surface area (Å²) in [5.41, 5.74) is 1.34. The molecule has 3 rings (SSSR count). The lowest BCUT2D eigenvalue weighted by Gasteiger charge is -2.08. The van der Waals surface area contributed by atoms with Crippen molar-refractivity contribution >= 4 is 22.5 Å². The van der Waals surface area contributed by atoms with E-state index in [4.69, 9.17) is 11.6 Å². The van der Waals surface area contributed by atoms with Gasteiger partial charge >= 0.3 is 0 Å². The van der Waals surface area contributed by atoms with E-state index >= 15 is 0 Å². The molecule has 1 aromatic heterocycles. The molecule has 72 valence electrons. The Morgan fingerprint density at radius 3 is 2.86 bits per heavy atom. The van der Waals surface area contributed by atoms with Crippen molar-refractivity contribution in [2.45, 2.75) is 18.4 Å². The lowest BCUT2D eigenvalue weighted by Crippen LogP contribution is -2.04. The molecular formula is C11H10ClNO. The van der Waals surface area contributed by atoms with Crippen molar-refractivity contribution < 1.29 is 5.11 Å². The second-order valence-corrected chi connectivity index (χ2v) is 4.30. The molecule has 0 bridgehead atoms. The van der Waals surface area contributed by atoms with Crippen LogP contribution in [0, 0.1) is 0 Å². The fraction of sp³-hybridized carbons (Fsp3) is 0.273. The van der Waals surface area contributed by atoms with Crippen LogP contribution >= 0.6 is 11.6 Å². The van der Waals surface area contributed by atoms with Crippen molar-refractivity contribution in [3.63, 3.8) is 0 Å². The number of aromatic nitrogens is 1. The maximum absolute atomic E-state index is 10.0. The van der Waals surface area contributed by atoms with E-state index in [1.807, 2.05) is 18.2 Å². The van der Waals surface area contributed by atoms with Crippen LogP contribution in [0.25, 0.3) is 10.9 Å². The molecular weight excluding hydrogens is 198 g/mol. The van der Waals surface area contributed by atoms with Crippen LogP contribution in [-0.2, 0) is 5.60 Å². The molecule has 0 atom stereocenters. The molecule has 1 aliphatic rings. The van der Waals surface area contributed by atoms with Crippen molar-refractivity contribution in [1.82, 2.24) is 4.98 Å². The first-order valence-electron chi connectivity index (χ1n) is 4.69. The maximum atomic E-state index is 10.0. The molecule has 2 aromatic rings. The first-order valence-corrected chi connectivity index (χ1v) is 5.07. The van der Waals surface area contributed by atoms with E-state index in [-0.39, 0.29) is 0 Å². The second kappa shape index (κ2) is 2.53. The number of rotatable bonds is 1. The van der Waals surface area contributed by atoms with Gasteiger partial charge in [-0.2, -0.15) is 0 Å². The van der Waals surface area contributed by atoms with Crippen LogP contribution in [0.1, 0.15) is 18.4 Å². The smallest absolute Gasteiger partial charge is 0.0919 e. The van der Waals surface area contributed by atoms with Gasteiger partial charge in [0.1, 0.15) is 0 Å². The first-order chi connectivity index (χ1) is 6.71. The average molecular weight is 208 g/mol. The van der Waals surface area contributed by atoms with Gasteiger partial charge in [0.05, 0.1) is 16.1 Å². The van der Waals surface area contributed by atoms with E-state index in [1.165, 1.54) is 0 Å². The van der Waals surface area contributed by atoms with E-state index in [1.54, 1.807) is 6.20 Å². The summed E-state index contributed by atoms with van der Waals surface area (Å²) in [6, 6.07) is 5.86. The van der Waals surface area contributed by atoms with Crippen LogP contribution in [-0.4, -0.2) is 10.1 Å². The van der Waals surface area contributed by atoms with Gasteiger partial charge in [0.2, 0.25) is 0 Å². The summed E-state index contributed by atoms with van der Waals surface area (Å²) in [6.07, 6.45) is 3.47. The number of aromatic amines is 1. The van der Waals surface area contributed by atoms with E-state index < -0.39 is 5.60 Å². The third-order valence-corrected chi connectivity index (χ3v) is 3.20. The predicted octanol–water partition coefficient (Wildman–Crippen LogP) is 2.80. The largest absolute Gasteiger partial charge is 0.385 e. The normalized spacial score (nSPS) is 18.7. The summed E-state index contributed by atoms with van der Waals surface area (Å²) in [6.45, 7) is 0. The number of H-pyrrole nitrogens is 1. The molecule has 1 aliphatic carbocycles. The number of aliphatic hydroxyl groups is 1. The maximum Gasteiger partial charge on any atom is 0.0919 e. The lowest BCUT2D eigenvalue weighted by atomic mass is 10.1. The van der Waals surface area contributed by atoms with E-state index in [0.717, 1.165) is 29.3 Å². The van der Waals surface area contributed by atoms with Crippen molar-refractivity contribution in [3.05, 3.63) is 35.0 Å². The minimum Gasteiger partial charge on any atom is -0.385 e. The Kier molecular flexibility index (Phi) is 1.50. The molecule has 0 saturated heterocycles. The zero-order valence-electron chi connectivity index (χ0n) is 7.55. The summed E-state index contributed by atoms with van der Waals surface area (Å²) in [5.74, 6) is 0. The van der Waals surface area contributed by atoms with Crippen LogP contribution in [0.4, 0.5) is 0 Å². The van der Waals surface area contributed by atoms with Gasteiger partial charge in [0, 0.05) is 17.1 Å². The van der Waals surface area contributed by atoms with Crippen molar-refractivity contribution in [3.8, 4) is 0 Å². The summed E-state index contributed by atoms with van der Waals surface area (Å²) >= 11 is 6.00. The Hall–Kier alpha value is -0.990. The van der Waals surface area contributed by atoms with Crippen molar-refractivity contribution in [1.29, 1.82) is 0 Å². The number of hydrogen-bond donors (Lipinski definition) is 2. The van der Waals surface area contributed by atoms with Crippen LogP contribution in [0.3, 0.4) is 0 Å². The third kappa shape index (κ3) is 1.01. The minimum atomic E-state index is -0.603. The highest BCUT2D eigenvalue weighted by molar-refractivity contribution is 6.35. The van der Waals surface area contributed by atoms with Gasteiger partial charge in [0.25, 0.3) is 0 Å². The van der Waals surface area contributed by atoms with Crippen LogP contribution in [0.5, 0.6) is 0 Å². The van der Waals surface area contributed by atoms with Gasteiger partial charge in [-0.15, -0.1) is 0 Å². The number of benzene rings is 1. The molecule has 1 saturated carbocycles. The highest BCUT2D eigenvalue weighted by Crippen LogP contribution is 2.47. The topological polar surface area (TPSA) is 36.0 Å². The predicted molar refractivity (Wildman–Crippen MR) is 56.4 cm³/mol. The molecule has 0 unspecified atom stereocenters. The molecule has 0 amide bonds. The summed E-state index contributed by atoms with van der Waals surface area (Å²) in [4.78, 5) is 3.11. The molecule has 14 heavy (non-hydrogen) atoms.